The third kappa shape index (κ3) is 3.92. The Morgan fingerprint density at radius 1 is 1.19 bits per heavy atom. The molecule has 3 fully saturated rings. The van der Waals surface area contributed by atoms with Crippen molar-refractivity contribution < 1.29 is 9.84 Å². The van der Waals surface area contributed by atoms with Crippen LogP contribution in [0.1, 0.15) is 57.4 Å². The fourth-order valence-electron chi connectivity index (χ4n) is 5.07. The van der Waals surface area contributed by atoms with Crippen molar-refractivity contribution >= 4 is 0 Å². The Morgan fingerprint density at radius 3 is 2.54 bits per heavy atom. The molecule has 2 N–H and O–H groups in total. The lowest BCUT2D eigenvalue weighted by Gasteiger charge is -2.41. The summed E-state index contributed by atoms with van der Waals surface area (Å²) in [6, 6.07) is 9.22. The van der Waals surface area contributed by atoms with Gasteiger partial charge in [0.1, 0.15) is 12.4 Å². The summed E-state index contributed by atoms with van der Waals surface area (Å²) in [5.74, 6) is 1.53. The normalized spacial score (nSPS) is 26.8. The van der Waals surface area contributed by atoms with Gasteiger partial charge in [-0.3, -0.25) is 0 Å². The smallest absolute Gasteiger partial charge is 0.122 e. The maximum absolute atomic E-state index is 9.97. The highest BCUT2D eigenvalue weighted by Crippen LogP contribution is 2.44. The van der Waals surface area contributed by atoms with Gasteiger partial charge in [0.2, 0.25) is 0 Å². The lowest BCUT2D eigenvalue weighted by atomic mass is 9.80. The minimum Gasteiger partial charge on any atom is -0.490 e. The van der Waals surface area contributed by atoms with Gasteiger partial charge in [0.05, 0.1) is 5.60 Å². The number of aliphatic hydroxyl groups is 1. The van der Waals surface area contributed by atoms with Crippen molar-refractivity contribution in [2.75, 3.05) is 32.8 Å². The second-order valence-corrected chi connectivity index (χ2v) is 9.45. The monoisotopic (exact) mass is 358 g/mol. The number of hydrogen-bond donors (Lipinski definition) is 2. The number of nitrogens with one attached hydrogen (secondary N) is 1. The first-order chi connectivity index (χ1) is 12.4. The molecule has 3 aliphatic rings. The predicted molar refractivity (Wildman–Crippen MR) is 105 cm³/mol. The van der Waals surface area contributed by atoms with E-state index < -0.39 is 5.60 Å². The number of hydrogen-bond acceptors (Lipinski definition) is 4. The minimum absolute atomic E-state index is 0.334. The van der Waals surface area contributed by atoms with E-state index in [1.807, 2.05) is 6.07 Å². The van der Waals surface area contributed by atoms with Gasteiger partial charge in [0.15, 0.2) is 0 Å². The van der Waals surface area contributed by atoms with Crippen LogP contribution in [-0.2, 0) is 0 Å². The summed E-state index contributed by atoms with van der Waals surface area (Å²) < 4.78 is 5.96. The summed E-state index contributed by atoms with van der Waals surface area (Å²) in [5.41, 5.74) is 1.16. The molecule has 4 heteroatoms. The third-order valence-electron chi connectivity index (χ3n) is 6.66. The van der Waals surface area contributed by atoms with Gasteiger partial charge >= 0.3 is 0 Å². The van der Waals surface area contributed by atoms with Gasteiger partial charge < -0.3 is 20.1 Å². The van der Waals surface area contributed by atoms with Crippen LogP contribution in [0, 0.1) is 5.41 Å². The zero-order chi connectivity index (χ0) is 18.2. The highest BCUT2D eigenvalue weighted by molar-refractivity contribution is 5.36. The lowest BCUT2D eigenvalue weighted by molar-refractivity contribution is 0.0278. The van der Waals surface area contributed by atoms with Crippen LogP contribution in [0.3, 0.4) is 0 Å². The van der Waals surface area contributed by atoms with Crippen molar-refractivity contribution in [1.82, 2.24) is 10.2 Å². The Labute approximate surface area is 157 Å². The molecule has 0 aromatic heterocycles. The molecular formula is C22H34N2O2. The molecule has 1 saturated carbocycles. The van der Waals surface area contributed by atoms with E-state index in [0.717, 1.165) is 11.8 Å². The highest BCUT2D eigenvalue weighted by atomic mass is 16.5. The molecule has 0 bridgehead atoms. The second kappa shape index (κ2) is 7.14. The third-order valence-corrected chi connectivity index (χ3v) is 6.66. The Morgan fingerprint density at radius 2 is 1.92 bits per heavy atom. The Bertz CT molecular complexity index is 613. The van der Waals surface area contributed by atoms with E-state index in [4.69, 9.17) is 4.74 Å². The zero-order valence-corrected chi connectivity index (χ0v) is 16.3. The van der Waals surface area contributed by atoms with E-state index in [9.17, 15) is 5.11 Å². The number of benzene rings is 1. The van der Waals surface area contributed by atoms with Crippen molar-refractivity contribution in [3.63, 3.8) is 0 Å². The van der Waals surface area contributed by atoms with Crippen LogP contribution in [0.4, 0.5) is 0 Å². The van der Waals surface area contributed by atoms with Gasteiger partial charge in [-0.2, -0.15) is 0 Å². The molecule has 144 valence electrons. The van der Waals surface area contributed by atoms with Crippen LogP contribution in [0.5, 0.6) is 5.75 Å². The largest absolute Gasteiger partial charge is 0.490 e. The van der Waals surface area contributed by atoms with Crippen molar-refractivity contribution in [2.45, 2.75) is 63.5 Å². The fourth-order valence-corrected chi connectivity index (χ4v) is 5.07. The van der Waals surface area contributed by atoms with Crippen molar-refractivity contribution in [1.29, 1.82) is 0 Å². The quantitative estimate of drug-likeness (QED) is 0.849. The Hall–Kier alpha value is -1.10. The summed E-state index contributed by atoms with van der Waals surface area (Å²) in [7, 11) is 0. The molecule has 1 spiro atoms. The topological polar surface area (TPSA) is 44.7 Å². The van der Waals surface area contributed by atoms with E-state index in [1.165, 1.54) is 63.8 Å². The zero-order valence-electron chi connectivity index (χ0n) is 16.3. The molecular weight excluding hydrogens is 324 g/mol. The molecule has 1 aromatic carbocycles. The standard InChI is InChI=1S/C22H34N2O2/c1-21(2,25)16-26-20-6-4-3-5-19(20)17-8-11-24(12-9-17)18-7-10-22(13-18)14-23-15-22/h3-6,17-18,23,25H,7-16H2,1-2H3. The Kier molecular flexibility index (Phi) is 5.02. The Balaban J connectivity index is 1.35. The van der Waals surface area contributed by atoms with Crippen LogP contribution < -0.4 is 10.1 Å². The van der Waals surface area contributed by atoms with Gasteiger partial charge in [0, 0.05) is 19.1 Å². The molecule has 4 nitrogen and oxygen atoms in total. The van der Waals surface area contributed by atoms with E-state index >= 15 is 0 Å². The van der Waals surface area contributed by atoms with E-state index in [0.29, 0.717) is 17.9 Å². The van der Waals surface area contributed by atoms with Gasteiger partial charge in [0.25, 0.3) is 0 Å². The van der Waals surface area contributed by atoms with Crippen molar-refractivity contribution in [2.24, 2.45) is 5.41 Å². The number of nitrogens with zero attached hydrogens (tertiary/aromatic N) is 1. The summed E-state index contributed by atoms with van der Waals surface area (Å²) in [6.45, 7) is 8.82. The van der Waals surface area contributed by atoms with Crippen molar-refractivity contribution in [3.05, 3.63) is 29.8 Å². The molecule has 0 radical (unpaired) electrons. The highest BCUT2D eigenvalue weighted by Gasteiger charge is 2.45. The van der Waals surface area contributed by atoms with Gasteiger partial charge in [-0.15, -0.1) is 0 Å². The maximum atomic E-state index is 9.97. The number of rotatable bonds is 5. The first-order valence-electron chi connectivity index (χ1n) is 10.3. The number of piperidine rings is 1. The number of likely N-dealkylation sites (tertiary alicyclic amines) is 1. The fraction of sp³-hybridized carbons (Fsp3) is 0.727. The predicted octanol–water partition coefficient (Wildman–Crippen LogP) is 3.16. The average Bonchev–Trinajstić information content (AvgIpc) is 3.06. The van der Waals surface area contributed by atoms with Gasteiger partial charge in [-0.1, -0.05) is 18.2 Å². The molecule has 4 rings (SSSR count). The minimum atomic E-state index is -0.800. The lowest BCUT2D eigenvalue weighted by Crippen LogP contribution is -2.52. The first kappa shape index (κ1) is 18.3. The van der Waals surface area contributed by atoms with E-state index in [-0.39, 0.29) is 0 Å². The molecule has 2 heterocycles. The summed E-state index contributed by atoms with van der Waals surface area (Å²) in [5, 5.41) is 13.4. The van der Waals surface area contributed by atoms with Crippen LogP contribution >= 0.6 is 0 Å². The molecule has 1 aromatic rings. The molecule has 0 amide bonds. The number of ether oxygens (including phenoxy) is 1. The van der Waals surface area contributed by atoms with E-state index in [1.54, 1.807) is 13.8 Å². The van der Waals surface area contributed by atoms with E-state index in [2.05, 4.69) is 28.4 Å². The summed E-state index contributed by atoms with van der Waals surface area (Å²) in [4.78, 5) is 2.75. The molecule has 2 aliphatic heterocycles. The molecule has 2 saturated heterocycles. The maximum Gasteiger partial charge on any atom is 0.122 e. The number of para-hydroxylation sites is 1. The molecule has 1 atom stereocenters. The molecule has 26 heavy (non-hydrogen) atoms. The SMILES string of the molecule is CC(C)(O)COc1ccccc1C1CCN(C2CCC3(CNC3)C2)CC1. The van der Waals surface area contributed by atoms with Crippen LogP contribution in [-0.4, -0.2) is 54.4 Å². The second-order valence-electron chi connectivity index (χ2n) is 9.45. The molecule has 1 aliphatic carbocycles. The first-order valence-corrected chi connectivity index (χ1v) is 10.3. The van der Waals surface area contributed by atoms with Gasteiger partial charge in [-0.05, 0) is 82.0 Å². The van der Waals surface area contributed by atoms with Crippen molar-refractivity contribution in [3.8, 4) is 5.75 Å². The van der Waals surface area contributed by atoms with Gasteiger partial charge in [-0.25, -0.2) is 0 Å². The summed E-state index contributed by atoms with van der Waals surface area (Å²) in [6.07, 6.45) is 6.63. The average molecular weight is 359 g/mol. The summed E-state index contributed by atoms with van der Waals surface area (Å²) >= 11 is 0. The van der Waals surface area contributed by atoms with Crippen LogP contribution in [0.2, 0.25) is 0 Å². The van der Waals surface area contributed by atoms with Crippen LogP contribution in [0.25, 0.3) is 0 Å². The van der Waals surface area contributed by atoms with Crippen LogP contribution in [0.15, 0.2) is 24.3 Å². The molecule has 1 unspecified atom stereocenters.